The molecule has 1 aromatic carbocycles. The van der Waals surface area contributed by atoms with Gasteiger partial charge in [0.1, 0.15) is 0 Å². The molecule has 0 aliphatic heterocycles. The highest BCUT2D eigenvalue weighted by Crippen LogP contribution is 2.42. The van der Waals surface area contributed by atoms with Gasteiger partial charge in [-0.1, -0.05) is 82.4 Å². The lowest BCUT2D eigenvalue weighted by Crippen LogP contribution is -2.19. The molecule has 0 heterocycles. The summed E-state index contributed by atoms with van der Waals surface area (Å²) in [6.45, 7) is 15.0. The van der Waals surface area contributed by atoms with E-state index in [1.807, 2.05) is 12.2 Å². The summed E-state index contributed by atoms with van der Waals surface area (Å²) in [4.78, 5) is 11.9. The first-order valence-electron chi connectivity index (χ1n) is 9.68. The van der Waals surface area contributed by atoms with Crippen molar-refractivity contribution in [3.05, 3.63) is 76.4 Å². The highest BCUT2D eigenvalue weighted by atomic mass is 16.1. The topological polar surface area (TPSA) is 17.1 Å². The van der Waals surface area contributed by atoms with Gasteiger partial charge in [0.15, 0.2) is 5.78 Å². The smallest absolute Gasteiger partial charge is 0.160 e. The van der Waals surface area contributed by atoms with Crippen molar-refractivity contribution in [2.75, 3.05) is 0 Å². The van der Waals surface area contributed by atoms with Gasteiger partial charge in [0.05, 0.1) is 0 Å². The molecule has 136 valence electrons. The predicted molar refractivity (Wildman–Crippen MR) is 111 cm³/mol. The lowest BCUT2D eigenvalue weighted by atomic mass is 9.73. The Morgan fingerprint density at radius 2 is 2.04 bits per heavy atom. The molecule has 1 aromatic rings. The van der Waals surface area contributed by atoms with Gasteiger partial charge in [-0.25, -0.2) is 0 Å². The third-order valence-corrected chi connectivity index (χ3v) is 6.23. The lowest BCUT2D eigenvalue weighted by Gasteiger charge is -2.31. The number of hydrogen-bond acceptors (Lipinski definition) is 1. The Bertz CT molecular complexity index is 845. The molecule has 1 heteroatoms. The Labute approximate surface area is 158 Å². The van der Waals surface area contributed by atoms with Crippen LogP contribution in [0.15, 0.2) is 59.7 Å². The van der Waals surface area contributed by atoms with E-state index in [1.165, 1.54) is 22.3 Å². The van der Waals surface area contributed by atoms with Crippen molar-refractivity contribution in [2.24, 2.45) is 5.92 Å². The number of fused-ring (bicyclic) bond motifs is 1. The molecule has 0 N–H and O–H groups in total. The van der Waals surface area contributed by atoms with Crippen molar-refractivity contribution in [3.63, 3.8) is 0 Å². The average Bonchev–Trinajstić information content (AvgIpc) is 2.61. The van der Waals surface area contributed by atoms with E-state index in [-0.39, 0.29) is 17.1 Å². The van der Waals surface area contributed by atoms with Crippen LogP contribution in [-0.2, 0) is 10.2 Å². The van der Waals surface area contributed by atoms with E-state index in [1.54, 1.807) is 6.92 Å². The van der Waals surface area contributed by atoms with Crippen LogP contribution in [0.1, 0.15) is 70.1 Å². The number of benzene rings is 1. The standard InChI is InChI=1S/C25H30O/c1-7-25(5,6)21-12-11-19-14-20(13-16(2)24(19)15-21)23-10-8-9-22(17(23)3)18(4)26/h8-12,14-16,23H,3,7,13H2,1-2,4-6H3. The maximum atomic E-state index is 11.9. The number of Topliss-reactive ketones (excluding diaryl/α,β-unsaturated/α-hetero) is 1. The first-order valence-corrected chi connectivity index (χ1v) is 9.68. The van der Waals surface area contributed by atoms with E-state index < -0.39 is 0 Å². The second kappa shape index (κ2) is 6.87. The first-order chi connectivity index (χ1) is 12.2. The molecule has 0 spiro atoms. The quantitative estimate of drug-likeness (QED) is 0.606. The number of rotatable bonds is 4. The summed E-state index contributed by atoms with van der Waals surface area (Å²) in [6, 6.07) is 6.96. The van der Waals surface area contributed by atoms with Crippen LogP contribution in [0, 0.1) is 5.92 Å². The van der Waals surface area contributed by atoms with Gasteiger partial charge in [-0.3, -0.25) is 4.79 Å². The highest BCUT2D eigenvalue weighted by Gasteiger charge is 2.28. The minimum atomic E-state index is 0.0978. The van der Waals surface area contributed by atoms with Crippen molar-refractivity contribution in [3.8, 4) is 0 Å². The van der Waals surface area contributed by atoms with Crippen LogP contribution < -0.4 is 0 Å². The summed E-state index contributed by atoms with van der Waals surface area (Å²) in [6.07, 6.45) is 10.5. The molecular formula is C25H30O. The van der Waals surface area contributed by atoms with Gasteiger partial charge in [0.2, 0.25) is 0 Å². The van der Waals surface area contributed by atoms with Crippen molar-refractivity contribution >= 4 is 11.9 Å². The van der Waals surface area contributed by atoms with Crippen LogP contribution in [0.2, 0.25) is 0 Å². The average molecular weight is 347 g/mol. The minimum absolute atomic E-state index is 0.0978. The van der Waals surface area contributed by atoms with E-state index in [0.717, 1.165) is 24.0 Å². The van der Waals surface area contributed by atoms with E-state index in [0.29, 0.717) is 5.92 Å². The summed E-state index contributed by atoms with van der Waals surface area (Å²) in [5, 5.41) is 0. The molecule has 0 aromatic heterocycles. The third-order valence-electron chi connectivity index (χ3n) is 6.23. The van der Waals surface area contributed by atoms with E-state index in [9.17, 15) is 4.79 Å². The molecule has 3 rings (SSSR count). The van der Waals surface area contributed by atoms with Crippen molar-refractivity contribution in [1.82, 2.24) is 0 Å². The van der Waals surface area contributed by atoms with Crippen LogP contribution in [0.4, 0.5) is 0 Å². The van der Waals surface area contributed by atoms with Gasteiger partial charge < -0.3 is 0 Å². The van der Waals surface area contributed by atoms with Gasteiger partial charge in [-0.05, 0) is 53.4 Å². The van der Waals surface area contributed by atoms with Crippen molar-refractivity contribution < 1.29 is 4.79 Å². The molecular weight excluding hydrogens is 316 g/mol. The Hall–Kier alpha value is -2.15. The second-order valence-electron chi connectivity index (χ2n) is 8.43. The molecule has 0 saturated heterocycles. The first kappa shape index (κ1) is 18.6. The number of hydrogen-bond donors (Lipinski definition) is 0. The van der Waals surface area contributed by atoms with Crippen LogP contribution in [0.25, 0.3) is 6.08 Å². The minimum Gasteiger partial charge on any atom is -0.295 e. The third kappa shape index (κ3) is 3.28. The summed E-state index contributed by atoms with van der Waals surface area (Å²) in [5.41, 5.74) is 7.45. The number of allylic oxidation sites excluding steroid dienone is 6. The fourth-order valence-electron chi connectivity index (χ4n) is 4.04. The molecule has 26 heavy (non-hydrogen) atoms. The molecule has 2 atom stereocenters. The van der Waals surface area contributed by atoms with Gasteiger partial charge in [0, 0.05) is 11.5 Å². The Kier molecular flexibility index (Phi) is 4.92. The predicted octanol–water partition coefficient (Wildman–Crippen LogP) is 6.52. The Morgan fingerprint density at radius 1 is 1.31 bits per heavy atom. The monoisotopic (exact) mass is 346 g/mol. The van der Waals surface area contributed by atoms with Crippen molar-refractivity contribution in [2.45, 2.75) is 58.8 Å². The number of carbonyl (C=O) groups excluding carboxylic acids is 1. The van der Waals surface area contributed by atoms with Crippen LogP contribution in [0.5, 0.6) is 0 Å². The molecule has 0 fully saturated rings. The molecule has 0 radical (unpaired) electrons. The van der Waals surface area contributed by atoms with E-state index >= 15 is 0 Å². The zero-order valence-corrected chi connectivity index (χ0v) is 16.7. The zero-order chi connectivity index (χ0) is 19.1. The largest absolute Gasteiger partial charge is 0.295 e. The molecule has 2 aliphatic rings. The molecule has 2 aliphatic carbocycles. The van der Waals surface area contributed by atoms with Crippen LogP contribution in [-0.4, -0.2) is 5.78 Å². The van der Waals surface area contributed by atoms with E-state index in [2.05, 4.69) is 64.6 Å². The number of ketones is 1. The molecule has 0 saturated carbocycles. The summed E-state index contributed by atoms with van der Waals surface area (Å²) in [7, 11) is 0. The Balaban J connectivity index is 1.97. The Morgan fingerprint density at radius 3 is 2.69 bits per heavy atom. The molecule has 0 amide bonds. The maximum Gasteiger partial charge on any atom is 0.160 e. The number of carbonyl (C=O) groups is 1. The van der Waals surface area contributed by atoms with Gasteiger partial charge in [0.25, 0.3) is 0 Å². The summed E-state index contributed by atoms with van der Waals surface area (Å²) < 4.78 is 0. The van der Waals surface area contributed by atoms with E-state index in [4.69, 9.17) is 0 Å². The zero-order valence-electron chi connectivity index (χ0n) is 16.7. The fraction of sp³-hybridized carbons (Fsp3) is 0.400. The molecule has 1 nitrogen and oxygen atoms in total. The normalized spacial score (nSPS) is 22.6. The SMILES string of the molecule is C=C1C(C(C)=O)=CC=CC1C1=Cc2ccc(C(C)(C)CC)cc2C(C)C1. The van der Waals surface area contributed by atoms with Gasteiger partial charge in [-0.2, -0.15) is 0 Å². The lowest BCUT2D eigenvalue weighted by molar-refractivity contribution is -0.113. The maximum absolute atomic E-state index is 11.9. The van der Waals surface area contributed by atoms with Crippen molar-refractivity contribution in [1.29, 1.82) is 0 Å². The van der Waals surface area contributed by atoms with Gasteiger partial charge >= 0.3 is 0 Å². The van der Waals surface area contributed by atoms with Crippen LogP contribution >= 0.6 is 0 Å². The van der Waals surface area contributed by atoms with Gasteiger partial charge in [-0.15, -0.1) is 0 Å². The molecule has 0 bridgehead atoms. The summed E-state index contributed by atoms with van der Waals surface area (Å²) >= 11 is 0. The summed E-state index contributed by atoms with van der Waals surface area (Å²) in [5.74, 6) is 0.715. The fourth-order valence-corrected chi connectivity index (χ4v) is 4.04. The second-order valence-corrected chi connectivity index (χ2v) is 8.43. The van der Waals surface area contributed by atoms with Crippen LogP contribution in [0.3, 0.4) is 0 Å². The highest BCUT2D eigenvalue weighted by molar-refractivity contribution is 5.98. The molecule has 2 unspecified atom stereocenters.